The molecule has 0 aliphatic rings. The van der Waals surface area contributed by atoms with Crippen LogP contribution in [-0.2, 0) is 0 Å². The Morgan fingerprint density at radius 1 is 1.43 bits per heavy atom. The fraction of sp³-hybridized carbons (Fsp3) is 0. The van der Waals surface area contributed by atoms with E-state index < -0.39 is 0 Å². The number of hydrogen-bond acceptors (Lipinski definition) is 5. The molecular weight excluding hydrogens is 198 g/mol. The van der Waals surface area contributed by atoms with Crippen LogP contribution in [0.2, 0.25) is 0 Å². The zero-order valence-corrected chi connectivity index (χ0v) is 7.95. The lowest BCUT2D eigenvalue weighted by Crippen LogP contribution is -1.85. The van der Waals surface area contributed by atoms with E-state index in [0.29, 0.717) is 5.13 Å². The van der Waals surface area contributed by atoms with E-state index in [1.807, 2.05) is 24.3 Å². The summed E-state index contributed by atoms with van der Waals surface area (Å²) in [7, 11) is 0. The van der Waals surface area contributed by atoms with Crippen molar-refractivity contribution in [2.75, 3.05) is 5.43 Å². The number of para-hydroxylation sites is 1. The summed E-state index contributed by atoms with van der Waals surface area (Å²) in [6.07, 6.45) is 1.12. The summed E-state index contributed by atoms with van der Waals surface area (Å²) in [5.74, 6) is 0. The minimum absolute atomic E-state index is 0.700. The van der Waals surface area contributed by atoms with Crippen LogP contribution in [0.3, 0.4) is 0 Å². The van der Waals surface area contributed by atoms with Crippen LogP contribution in [0.1, 0.15) is 0 Å². The molecule has 0 bridgehead atoms. The van der Waals surface area contributed by atoms with Crippen molar-refractivity contribution in [2.45, 2.75) is 0 Å². The maximum absolute atomic E-state index is 6.49. The van der Waals surface area contributed by atoms with Gasteiger partial charge in [-0.1, -0.05) is 23.5 Å². The predicted molar refractivity (Wildman–Crippen MR) is 56.9 cm³/mol. The number of rotatable bonds is 3. The number of anilines is 1. The Hall–Kier alpha value is -1.82. The van der Waals surface area contributed by atoms with Crippen LogP contribution in [0.25, 0.3) is 10.2 Å². The quantitative estimate of drug-likeness (QED) is 0.350. The van der Waals surface area contributed by atoms with E-state index in [1.165, 1.54) is 11.3 Å². The predicted octanol–water partition coefficient (Wildman–Crippen LogP) is 2.68. The van der Waals surface area contributed by atoms with Gasteiger partial charge in [-0.05, 0) is 12.1 Å². The average molecular weight is 205 g/mol. The van der Waals surface area contributed by atoms with Crippen LogP contribution >= 0.6 is 11.3 Å². The van der Waals surface area contributed by atoms with Gasteiger partial charge in [0, 0.05) is 0 Å². The molecule has 0 unspecified atom stereocenters. The van der Waals surface area contributed by atoms with Crippen LogP contribution in [0.15, 0.2) is 34.5 Å². The Labute approximate surface area is 84.0 Å². The molecule has 5 nitrogen and oxygen atoms in total. The standard InChI is InChI=1S/C8H7N5S/c9-10-5-11-13-8-12-6-3-1-2-4-7(6)14-8/h1-5,9H,(H,12,13). The molecule has 2 aromatic rings. The highest BCUT2D eigenvalue weighted by atomic mass is 32.1. The third-order valence-corrected chi connectivity index (χ3v) is 2.51. The Bertz CT molecular complexity index is 442. The lowest BCUT2D eigenvalue weighted by molar-refractivity contribution is 1.19. The van der Waals surface area contributed by atoms with Crippen molar-refractivity contribution >= 4 is 33.0 Å². The summed E-state index contributed by atoms with van der Waals surface area (Å²) in [5.41, 5.74) is 10.1. The van der Waals surface area contributed by atoms with Crippen molar-refractivity contribution in [3.63, 3.8) is 0 Å². The number of nitrogens with one attached hydrogen (secondary N) is 2. The van der Waals surface area contributed by atoms with Crippen LogP contribution < -0.4 is 5.43 Å². The first-order valence-corrected chi connectivity index (χ1v) is 4.71. The average Bonchev–Trinajstić information content (AvgIpc) is 2.60. The zero-order chi connectivity index (χ0) is 9.80. The van der Waals surface area contributed by atoms with E-state index >= 15 is 0 Å². The summed E-state index contributed by atoms with van der Waals surface area (Å²) in [6.45, 7) is 0. The number of nitrogens with zero attached hydrogens (tertiary/aromatic N) is 3. The Balaban J connectivity index is 2.26. The largest absolute Gasteiger partial charge is 0.251 e. The van der Waals surface area contributed by atoms with Crippen molar-refractivity contribution in [3.8, 4) is 0 Å². The third-order valence-electron chi connectivity index (χ3n) is 1.57. The molecular formula is C8H7N5S. The van der Waals surface area contributed by atoms with E-state index in [9.17, 15) is 0 Å². The molecule has 0 atom stereocenters. The molecule has 2 rings (SSSR count). The molecule has 1 aromatic heterocycles. The SMILES string of the molecule is N=NC=NNc1nc2ccccc2s1. The molecule has 1 heterocycles. The van der Waals surface area contributed by atoms with E-state index in [4.69, 9.17) is 5.53 Å². The molecule has 0 aliphatic heterocycles. The molecule has 70 valence electrons. The Kier molecular flexibility index (Phi) is 2.46. The Morgan fingerprint density at radius 3 is 3.07 bits per heavy atom. The lowest BCUT2D eigenvalue weighted by Gasteiger charge is -1.87. The highest BCUT2D eigenvalue weighted by Crippen LogP contribution is 2.24. The van der Waals surface area contributed by atoms with Crippen LogP contribution in [0, 0.1) is 5.53 Å². The number of benzene rings is 1. The van der Waals surface area contributed by atoms with Crippen molar-refractivity contribution < 1.29 is 0 Å². The van der Waals surface area contributed by atoms with Crippen molar-refractivity contribution in [1.29, 1.82) is 5.53 Å². The van der Waals surface area contributed by atoms with E-state index in [0.717, 1.165) is 16.6 Å². The number of hydrogen-bond donors (Lipinski definition) is 2. The topological polar surface area (TPSA) is 73.5 Å². The second-order valence-corrected chi connectivity index (χ2v) is 3.50. The zero-order valence-electron chi connectivity index (χ0n) is 7.14. The number of hydrazone groups is 1. The summed E-state index contributed by atoms with van der Waals surface area (Å²) in [4.78, 5) is 4.28. The molecule has 14 heavy (non-hydrogen) atoms. The van der Waals surface area contributed by atoms with Crippen LogP contribution in [0.4, 0.5) is 5.13 Å². The molecule has 0 saturated heterocycles. The number of thiazole rings is 1. The van der Waals surface area contributed by atoms with Crippen LogP contribution in [0.5, 0.6) is 0 Å². The maximum atomic E-state index is 6.49. The summed E-state index contributed by atoms with van der Waals surface area (Å²) in [6, 6.07) is 7.84. The first-order chi connectivity index (χ1) is 6.90. The van der Waals surface area contributed by atoms with Gasteiger partial charge in [-0.3, -0.25) is 5.43 Å². The normalized spacial score (nSPS) is 10.9. The van der Waals surface area contributed by atoms with Gasteiger partial charge in [-0.15, -0.1) is 5.11 Å². The molecule has 0 spiro atoms. The fourth-order valence-electron chi connectivity index (χ4n) is 1.03. The molecule has 0 radical (unpaired) electrons. The van der Waals surface area contributed by atoms with E-state index in [-0.39, 0.29) is 0 Å². The molecule has 1 aromatic carbocycles. The summed E-state index contributed by atoms with van der Waals surface area (Å²) in [5, 5.41) is 7.35. The fourth-order valence-corrected chi connectivity index (χ4v) is 1.85. The third kappa shape index (κ3) is 1.74. The molecule has 0 fully saturated rings. The smallest absolute Gasteiger partial charge is 0.204 e. The van der Waals surface area contributed by atoms with Gasteiger partial charge in [0.2, 0.25) is 5.13 Å². The summed E-state index contributed by atoms with van der Waals surface area (Å²) < 4.78 is 1.10. The van der Waals surface area contributed by atoms with Gasteiger partial charge in [0.25, 0.3) is 0 Å². The molecule has 2 N–H and O–H groups in total. The monoisotopic (exact) mass is 205 g/mol. The van der Waals surface area contributed by atoms with Gasteiger partial charge < -0.3 is 0 Å². The van der Waals surface area contributed by atoms with E-state index in [1.54, 1.807) is 0 Å². The Morgan fingerprint density at radius 2 is 2.29 bits per heavy atom. The van der Waals surface area contributed by atoms with Gasteiger partial charge in [0.1, 0.15) is 0 Å². The minimum Gasteiger partial charge on any atom is -0.251 e. The number of fused-ring (bicyclic) bond motifs is 1. The molecule has 0 amide bonds. The van der Waals surface area contributed by atoms with Crippen molar-refractivity contribution in [2.24, 2.45) is 10.2 Å². The summed E-state index contributed by atoms with van der Waals surface area (Å²) >= 11 is 1.51. The van der Waals surface area contributed by atoms with Crippen molar-refractivity contribution in [1.82, 2.24) is 4.98 Å². The molecule has 6 heteroatoms. The first kappa shape index (κ1) is 8.76. The minimum atomic E-state index is 0.700. The highest BCUT2D eigenvalue weighted by Gasteiger charge is 2.00. The van der Waals surface area contributed by atoms with Crippen LogP contribution in [-0.4, -0.2) is 11.3 Å². The van der Waals surface area contributed by atoms with Crippen molar-refractivity contribution in [3.05, 3.63) is 24.3 Å². The van der Waals surface area contributed by atoms with Gasteiger partial charge in [-0.2, -0.15) is 5.10 Å². The van der Waals surface area contributed by atoms with Gasteiger partial charge in [-0.25, -0.2) is 10.5 Å². The second kappa shape index (κ2) is 3.93. The second-order valence-electron chi connectivity index (χ2n) is 2.47. The first-order valence-electron chi connectivity index (χ1n) is 3.90. The molecule has 0 aliphatic carbocycles. The maximum Gasteiger partial charge on any atom is 0.204 e. The van der Waals surface area contributed by atoms with Gasteiger partial charge >= 0.3 is 0 Å². The lowest BCUT2D eigenvalue weighted by atomic mass is 10.3. The number of aromatic nitrogens is 1. The van der Waals surface area contributed by atoms with E-state index in [2.05, 4.69) is 20.6 Å². The van der Waals surface area contributed by atoms with Gasteiger partial charge in [0.05, 0.1) is 10.2 Å². The molecule has 0 saturated carbocycles. The van der Waals surface area contributed by atoms with Gasteiger partial charge in [0.15, 0.2) is 6.34 Å². The highest BCUT2D eigenvalue weighted by molar-refractivity contribution is 7.22.